The average Bonchev–Trinajstić information content (AvgIpc) is 2.65. The molecule has 0 radical (unpaired) electrons. The lowest BCUT2D eigenvalue weighted by molar-refractivity contribution is -0.392. The molecular weight excluding hydrogens is 482 g/mol. The number of hydrogen-bond donors (Lipinski definition) is 2. The molecule has 0 unspecified atom stereocenters. The van der Waals surface area contributed by atoms with Gasteiger partial charge < -0.3 is 14.9 Å². The Morgan fingerprint density at radius 1 is 0.677 bits per heavy atom. The lowest BCUT2D eigenvalue weighted by atomic mass is 10.0. The predicted molar refractivity (Wildman–Crippen MR) is 68.9 cm³/mol. The van der Waals surface area contributed by atoms with Crippen LogP contribution in [0.5, 0.6) is 5.75 Å². The maximum atomic E-state index is 13.9. The lowest BCUT2D eigenvalue weighted by Crippen LogP contribution is -2.61. The third-order valence-electron chi connectivity index (χ3n) is 3.59. The summed E-state index contributed by atoms with van der Waals surface area (Å²) in [4.78, 5) is 0. The highest BCUT2D eigenvalue weighted by Gasteiger charge is 2.83. The number of alkyl halides is 9. The van der Waals surface area contributed by atoms with Gasteiger partial charge in [0.1, 0.15) is 0 Å². The average molecular weight is 488 g/mol. The smallest absolute Gasteiger partial charge is 0.423 e. The number of allylic oxidation sites excluding steroid dienone is 1. The van der Waals surface area contributed by atoms with Crippen LogP contribution in [0, 0.1) is 17.5 Å². The van der Waals surface area contributed by atoms with Crippen molar-refractivity contribution in [3.05, 3.63) is 40.4 Å². The number of rotatable bonds is 7. The Labute approximate surface area is 161 Å². The Morgan fingerprint density at radius 3 is 1.48 bits per heavy atom. The van der Waals surface area contributed by atoms with Crippen molar-refractivity contribution in [2.75, 3.05) is 0 Å². The number of ether oxygens (including phenoxy) is 1. The van der Waals surface area contributed by atoms with E-state index in [0.29, 0.717) is 0 Å². The predicted octanol–water partition coefficient (Wildman–Crippen LogP) is 5.04. The lowest BCUT2D eigenvalue weighted by Gasteiger charge is -2.32. The van der Waals surface area contributed by atoms with Crippen molar-refractivity contribution in [3.63, 3.8) is 0 Å². The zero-order chi connectivity index (χ0) is 24.7. The Hall–Kier alpha value is -2.30. The standard InChI is InChI=1S/C14H6F14O3/c15-5-3(1-29)4(2-30)6(16)8(7(5)17)31-10(19)9(18)11(20,21)12(22,23)13(24,25)14(26,27)28/h29-30H,1-2H2. The topological polar surface area (TPSA) is 49.7 Å². The van der Waals surface area contributed by atoms with Crippen LogP contribution in [0.3, 0.4) is 0 Å². The molecule has 0 aliphatic carbocycles. The Bertz CT molecular complexity index is 874. The molecule has 0 aromatic heterocycles. The molecule has 1 rings (SSSR count). The van der Waals surface area contributed by atoms with Crippen molar-refractivity contribution < 1.29 is 76.4 Å². The van der Waals surface area contributed by atoms with Gasteiger partial charge in [-0.3, -0.25) is 0 Å². The van der Waals surface area contributed by atoms with Gasteiger partial charge in [-0.05, 0) is 0 Å². The highest BCUT2D eigenvalue weighted by Crippen LogP contribution is 2.55. The molecule has 0 heterocycles. The Morgan fingerprint density at radius 2 is 1.10 bits per heavy atom. The van der Waals surface area contributed by atoms with Crippen LogP contribution < -0.4 is 4.74 Å². The van der Waals surface area contributed by atoms with Crippen LogP contribution >= 0.6 is 0 Å². The largest absolute Gasteiger partial charge is 0.460 e. The fourth-order valence-corrected chi connectivity index (χ4v) is 1.92. The van der Waals surface area contributed by atoms with E-state index < -0.39 is 83.3 Å². The van der Waals surface area contributed by atoms with E-state index in [1.165, 1.54) is 0 Å². The van der Waals surface area contributed by atoms with Crippen LogP contribution in [-0.4, -0.2) is 34.2 Å². The molecular formula is C14H6F14O3. The molecule has 0 saturated carbocycles. The molecule has 0 amide bonds. The molecule has 0 bridgehead atoms. The molecule has 0 aliphatic rings. The molecule has 178 valence electrons. The van der Waals surface area contributed by atoms with E-state index >= 15 is 0 Å². The summed E-state index contributed by atoms with van der Waals surface area (Å²) >= 11 is 0. The summed E-state index contributed by atoms with van der Waals surface area (Å²) in [6.07, 6.45) is -7.38. The monoisotopic (exact) mass is 488 g/mol. The van der Waals surface area contributed by atoms with Crippen LogP contribution in [-0.2, 0) is 13.2 Å². The first-order valence-electron chi connectivity index (χ1n) is 7.14. The minimum absolute atomic E-state index is 1.32. The van der Waals surface area contributed by atoms with Crippen molar-refractivity contribution >= 4 is 0 Å². The SMILES string of the molecule is OCc1c(F)c(F)c(OC(F)=C(F)C(F)(F)C(F)(F)C(F)(F)C(F)(F)F)c(F)c1CO. The zero-order valence-corrected chi connectivity index (χ0v) is 14.0. The van der Waals surface area contributed by atoms with Crippen LogP contribution in [0.4, 0.5) is 61.5 Å². The van der Waals surface area contributed by atoms with E-state index in [4.69, 9.17) is 10.2 Å². The molecule has 2 N–H and O–H groups in total. The molecule has 1 aromatic carbocycles. The molecule has 0 aliphatic heterocycles. The minimum Gasteiger partial charge on any atom is -0.423 e. The highest BCUT2D eigenvalue weighted by molar-refractivity contribution is 5.40. The number of aliphatic hydroxyl groups is 2. The first-order valence-corrected chi connectivity index (χ1v) is 7.14. The van der Waals surface area contributed by atoms with Gasteiger partial charge in [0.05, 0.1) is 13.2 Å². The summed E-state index contributed by atoms with van der Waals surface area (Å²) in [5, 5.41) is 17.6. The fourth-order valence-electron chi connectivity index (χ4n) is 1.92. The second-order valence-corrected chi connectivity index (χ2v) is 5.46. The summed E-state index contributed by atoms with van der Waals surface area (Å²) in [5.74, 6) is -37.0. The van der Waals surface area contributed by atoms with Crippen molar-refractivity contribution in [1.29, 1.82) is 0 Å². The highest BCUT2D eigenvalue weighted by atomic mass is 19.4. The summed E-state index contributed by atoms with van der Waals surface area (Å²) in [5.41, 5.74) is -2.73. The van der Waals surface area contributed by atoms with Crippen LogP contribution in [0.1, 0.15) is 11.1 Å². The zero-order valence-electron chi connectivity index (χ0n) is 14.0. The van der Waals surface area contributed by atoms with Gasteiger partial charge in [0, 0.05) is 11.1 Å². The first-order chi connectivity index (χ1) is 13.8. The fraction of sp³-hybridized carbons (Fsp3) is 0.429. The number of halogens is 14. The minimum atomic E-state index is -7.68. The van der Waals surface area contributed by atoms with E-state index in [2.05, 4.69) is 4.74 Å². The Balaban J connectivity index is 3.61. The van der Waals surface area contributed by atoms with Crippen LogP contribution in [0.2, 0.25) is 0 Å². The van der Waals surface area contributed by atoms with Gasteiger partial charge in [-0.1, -0.05) is 0 Å². The molecule has 17 heteroatoms. The summed E-state index contributed by atoms with van der Waals surface area (Å²) in [6.45, 7) is -3.12. The van der Waals surface area contributed by atoms with Gasteiger partial charge in [0.2, 0.25) is 17.4 Å². The molecule has 31 heavy (non-hydrogen) atoms. The van der Waals surface area contributed by atoms with Crippen molar-refractivity contribution in [2.24, 2.45) is 0 Å². The molecule has 0 saturated heterocycles. The van der Waals surface area contributed by atoms with E-state index in [-0.39, 0.29) is 0 Å². The normalized spacial score (nSPS) is 14.6. The van der Waals surface area contributed by atoms with Gasteiger partial charge in [-0.2, -0.15) is 52.7 Å². The van der Waals surface area contributed by atoms with Crippen molar-refractivity contribution in [3.8, 4) is 5.75 Å². The molecule has 3 nitrogen and oxygen atoms in total. The maximum Gasteiger partial charge on any atom is 0.460 e. The van der Waals surface area contributed by atoms with Crippen molar-refractivity contribution in [2.45, 2.75) is 37.2 Å². The van der Waals surface area contributed by atoms with Gasteiger partial charge in [-0.25, -0.2) is 8.78 Å². The van der Waals surface area contributed by atoms with E-state index in [1.54, 1.807) is 0 Å². The summed E-state index contributed by atoms with van der Waals surface area (Å²) in [7, 11) is 0. The second kappa shape index (κ2) is 8.33. The Kier molecular flexibility index (Phi) is 7.18. The summed E-state index contributed by atoms with van der Waals surface area (Å²) in [6, 6.07) is -3.85. The van der Waals surface area contributed by atoms with Crippen molar-refractivity contribution in [1.82, 2.24) is 0 Å². The molecule has 0 spiro atoms. The molecule has 0 atom stereocenters. The van der Waals surface area contributed by atoms with E-state index in [0.717, 1.165) is 0 Å². The quantitative estimate of drug-likeness (QED) is 0.321. The van der Waals surface area contributed by atoms with Gasteiger partial charge in [0.15, 0.2) is 11.6 Å². The molecule has 1 aromatic rings. The number of aliphatic hydroxyl groups excluding tert-OH is 2. The van der Waals surface area contributed by atoms with Gasteiger partial charge >= 0.3 is 30.0 Å². The molecule has 0 fully saturated rings. The maximum absolute atomic E-state index is 13.9. The first kappa shape index (κ1) is 26.7. The summed E-state index contributed by atoms with van der Waals surface area (Å²) < 4.78 is 185. The third kappa shape index (κ3) is 4.11. The number of hydrogen-bond acceptors (Lipinski definition) is 3. The number of benzene rings is 1. The van der Waals surface area contributed by atoms with Crippen LogP contribution in [0.15, 0.2) is 11.8 Å². The second-order valence-electron chi connectivity index (χ2n) is 5.46. The van der Waals surface area contributed by atoms with E-state index in [9.17, 15) is 61.5 Å². The van der Waals surface area contributed by atoms with E-state index in [1.807, 2.05) is 0 Å². The van der Waals surface area contributed by atoms with Crippen LogP contribution in [0.25, 0.3) is 0 Å². The third-order valence-corrected chi connectivity index (χ3v) is 3.59. The van der Waals surface area contributed by atoms with Gasteiger partial charge in [0.25, 0.3) is 0 Å². The van der Waals surface area contributed by atoms with Gasteiger partial charge in [-0.15, -0.1) is 0 Å².